The summed E-state index contributed by atoms with van der Waals surface area (Å²) in [7, 11) is 0. The molecule has 1 saturated heterocycles. The summed E-state index contributed by atoms with van der Waals surface area (Å²) in [5, 5.41) is 9.80. The van der Waals surface area contributed by atoms with Gasteiger partial charge in [-0.25, -0.2) is 0 Å². The van der Waals surface area contributed by atoms with E-state index in [0.717, 1.165) is 31.6 Å². The van der Waals surface area contributed by atoms with Crippen LogP contribution in [0.2, 0.25) is 0 Å². The van der Waals surface area contributed by atoms with Crippen molar-refractivity contribution in [3.05, 3.63) is 35.5 Å². The van der Waals surface area contributed by atoms with Gasteiger partial charge in [0.25, 0.3) is 5.91 Å². The van der Waals surface area contributed by atoms with Gasteiger partial charge in [-0.15, -0.1) is 0 Å². The van der Waals surface area contributed by atoms with Crippen molar-refractivity contribution in [2.45, 2.75) is 25.7 Å². The molecule has 1 aromatic carbocycles. The number of hydrogen-bond donors (Lipinski definition) is 1. The standard InChI is InChI=1S/C15H16N2O2/c18-13-7-4-3-6-11(13)10-12-15(19)16-14-8-2-1-5-9-17(12)14/h3-4,6-7,10,18H,1-2,5,8-9H2/b12-10+. The van der Waals surface area contributed by atoms with Gasteiger partial charge in [0.15, 0.2) is 0 Å². The minimum absolute atomic E-state index is 0.186. The Hall–Kier alpha value is -2.10. The van der Waals surface area contributed by atoms with Gasteiger partial charge < -0.3 is 10.0 Å². The van der Waals surface area contributed by atoms with Crippen LogP contribution in [0.15, 0.2) is 35.0 Å². The molecule has 2 aliphatic rings. The summed E-state index contributed by atoms with van der Waals surface area (Å²) >= 11 is 0. The summed E-state index contributed by atoms with van der Waals surface area (Å²) < 4.78 is 0. The molecule has 0 aromatic heterocycles. The molecule has 2 heterocycles. The predicted octanol–water partition coefficient (Wildman–Crippen LogP) is 2.55. The summed E-state index contributed by atoms with van der Waals surface area (Å²) in [6.45, 7) is 0.837. The molecule has 0 spiro atoms. The molecule has 0 radical (unpaired) electrons. The lowest BCUT2D eigenvalue weighted by Gasteiger charge is -2.18. The average Bonchev–Trinajstić information content (AvgIpc) is 2.58. The van der Waals surface area contributed by atoms with Crippen LogP contribution in [0.4, 0.5) is 0 Å². The minimum atomic E-state index is -0.194. The molecule has 19 heavy (non-hydrogen) atoms. The minimum Gasteiger partial charge on any atom is -0.507 e. The Bertz CT molecular complexity index is 575. The van der Waals surface area contributed by atoms with Crippen molar-refractivity contribution in [1.82, 2.24) is 4.90 Å². The van der Waals surface area contributed by atoms with Crippen LogP contribution in [0.25, 0.3) is 6.08 Å². The molecule has 0 unspecified atom stereocenters. The number of benzene rings is 1. The maximum atomic E-state index is 12.0. The maximum absolute atomic E-state index is 12.0. The lowest BCUT2D eigenvalue weighted by atomic mass is 10.1. The van der Waals surface area contributed by atoms with Gasteiger partial charge in [0.05, 0.1) is 0 Å². The molecule has 98 valence electrons. The highest BCUT2D eigenvalue weighted by atomic mass is 16.3. The third-order valence-corrected chi connectivity index (χ3v) is 3.56. The van der Waals surface area contributed by atoms with E-state index in [0.29, 0.717) is 11.3 Å². The van der Waals surface area contributed by atoms with Crippen LogP contribution in [0.5, 0.6) is 5.75 Å². The first-order valence-electron chi connectivity index (χ1n) is 6.65. The van der Waals surface area contributed by atoms with E-state index >= 15 is 0 Å². The molecule has 2 aliphatic heterocycles. The van der Waals surface area contributed by atoms with E-state index in [9.17, 15) is 9.90 Å². The van der Waals surface area contributed by atoms with Crippen LogP contribution in [-0.2, 0) is 4.79 Å². The first-order valence-corrected chi connectivity index (χ1v) is 6.65. The quantitative estimate of drug-likeness (QED) is 0.786. The molecule has 0 aliphatic carbocycles. The lowest BCUT2D eigenvalue weighted by Crippen LogP contribution is -2.26. The van der Waals surface area contributed by atoms with Crippen LogP contribution in [0, 0.1) is 0 Å². The number of nitrogens with zero attached hydrogens (tertiary/aromatic N) is 2. The third kappa shape index (κ3) is 2.26. The van der Waals surface area contributed by atoms with Crippen LogP contribution in [0.3, 0.4) is 0 Å². The van der Waals surface area contributed by atoms with Crippen molar-refractivity contribution >= 4 is 17.8 Å². The number of phenols is 1. The SMILES string of the molecule is O=C1N=C2CCCCCN2/C1=C/c1ccccc1O. The number of phenolic OH excluding ortho intramolecular Hbond substituents is 1. The van der Waals surface area contributed by atoms with Gasteiger partial charge in [0, 0.05) is 18.5 Å². The maximum Gasteiger partial charge on any atom is 0.295 e. The van der Waals surface area contributed by atoms with Crippen LogP contribution in [0.1, 0.15) is 31.2 Å². The molecule has 0 bridgehead atoms. The smallest absolute Gasteiger partial charge is 0.295 e. The van der Waals surface area contributed by atoms with E-state index in [1.807, 2.05) is 11.0 Å². The van der Waals surface area contributed by atoms with Gasteiger partial charge in [-0.2, -0.15) is 4.99 Å². The van der Waals surface area contributed by atoms with Crippen LogP contribution >= 0.6 is 0 Å². The lowest BCUT2D eigenvalue weighted by molar-refractivity contribution is -0.114. The van der Waals surface area contributed by atoms with Gasteiger partial charge in [-0.3, -0.25) is 4.79 Å². The van der Waals surface area contributed by atoms with Crippen molar-refractivity contribution in [3.8, 4) is 5.75 Å². The van der Waals surface area contributed by atoms with Crippen LogP contribution < -0.4 is 0 Å². The van der Waals surface area contributed by atoms with E-state index in [2.05, 4.69) is 4.99 Å². The number of para-hydroxylation sites is 1. The highest BCUT2D eigenvalue weighted by Gasteiger charge is 2.30. The fourth-order valence-corrected chi connectivity index (χ4v) is 2.56. The number of fused-ring (bicyclic) bond motifs is 1. The summed E-state index contributed by atoms with van der Waals surface area (Å²) in [6.07, 6.45) is 5.94. The molecule has 1 fully saturated rings. The van der Waals surface area contributed by atoms with E-state index in [4.69, 9.17) is 0 Å². The Kier molecular flexibility index (Phi) is 3.07. The predicted molar refractivity (Wildman–Crippen MR) is 73.7 cm³/mol. The second kappa shape index (κ2) is 4.88. The largest absolute Gasteiger partial charge is 0.507 e. The molecule has 4 heteroatoms. The van der Waals surface area contributed by atoms with Gasteiger partial charge in [-0.05, 0) is 25.0 Å². The molecule has 3 rings (SSSR count). The van der Waals surface area contributed by atoms with Crippen LogP contribution in [-0.4, -0.2) is 28.3 Å². The fourth-order valence-electron chi connectivity index (χ4n) is 2.56. The monoisotopic (exact) mass is 256 g/mol. The number of aromatic hydroxyl groups is 1. The molecule has 1 amide bonds. The van der Waals surface area contributed by atoms with Crippen molar-refractivity contribution in [2.75, 3.05) is 6.54 Å². The van der Waals surface area contributed by atoms with E-state index < -0.39 is 0 Å². The van der Waals surface area contributed by atoms with E-state index in [1.54, 1.807) is 24.3 Å². The second-order valence-corrected chi connectivity index (χ2v) is 4.88. The zero-order valence-electron chi connectivity index (χ0n) is 10.7. The number of carbonyl (C=O) groups is 1. The molecule has 1 N–H and O–H groups in total. The number of aliphatic imine (C=N–C) groups is 1. The molecule has 1 aromatic rings. The number of hydrogen-bond acceptors (Lipinski definition) is 3. The Balaban J connectivity index is 1.97. The number of rotatable bonds is 1. The zero-order chi connectivity index (χ0) is 13.2. The van der Waals surface area contributed by atoms with E-state index in [-0.39, 0.29) is 11.7 Å². The van der Waals surface area contributed by atoms with E-state index in [1.165, 1.54) is 6.42 Å². The van der Waals surface area contributed by atoms with Gasteiger partial charge in [0.2, 0.25) is 0 Å². The Morgan fingerprint density at radius 1 is 1.21 bits per heavy atom. The second-order valence-electron chi connectivity index (χ2n) is 4.88. The highest BCUT2D eigenvalue weighted by molar-refractivity contribution is 6.13. The van der Waals surface area contributed by atoms with Gasteiger partial charge in [0.1, 0.15) is 17.3 Å². The molecule has 0 atom stereocenters. The highest BCUT2D eigenvalue weighted by Crippen LogP contribution is 2.27. The Morgan fingerprint density at radius 3 is 2.89 bits per heavy atom. The van der Waals surface area contributed by atoms with Crippen molar-refractivity contribution in [3.63, 3.8) is 0 Å². The third-order valence-electron chi connectivity index (χ3n) is 3.56. The molecule has 4 nitrogen and oxygen atoms in total. The Labute approximate surface area is 112 Å². The summed E-state index contributed by atoms with van der Waals surface area (Å²) in [4.78, 5) is 18.1. The Morgan fingerprint density at radius 2 is 2.05 bits per heavy atom. The first-order chi connectivity index (χ1) is 9.25. The topological polar surface area (TPSA) is 52.9 Å². The summed E-state index contributed by atoms with van der Waals surface area (Å²) in [5.74, 6) is 0.871. The zero-order valence-corrected chi connectivity index (χ0v) is 10.7. The number of carbonyl (C=O) groups excluding carboxylic acids is 1. The van der Waals surface area contributed by atoms with Gasteiger partial charge >= 0.3 is 0 Å². The number of amidine groups is 1. The van der Waals surface area contributed by atoms with Crippen molar-refractivity contribution in [2.24, 2.45) is 4.99 Å². The molecule has 0 saturated carbocycles. The van der Waals surface area contributed by atoms with Crippen molar-refractivity contribution < 1.29 is 9.90 Å². The van der Waals surface area contributed by atoms with Crippen molar-refractivity contribution in [1.29, 1.82) is 0 Å². The average molecular weight is 256 g/mol. The number of amides is 1. The molecular weight excluding hydrogens is 240 g/mol. The summed E-state index contributed by atoms with van der Waals surface area (Å²) in [6, 6.07) is 7.03. The van der Waals surface area contributed by atoms with Gasteiger partial charge in [-0.1, -0.05) is 24.6 Å². The normalized spacial score (nSPS) is 21.3. The summed E-state index contributed by atoms with van der Waals surface area (Å²) in [5.41, 5.74) is 1.24. The fraction of sp³-hybridized carbons (Fsp3) is 0.333. The first kappa shape index (κ1) is 12.0. The molecular formula is C15H16N2O2.